The van der Waals surface area contributed by atoms with Gasteiger partial charge in [-0.05, 0) is 25.7 Å². The topological polar surface area (TPSA) is 69.6 Å². The fraction of sp³-hybridized carbons (Fsp3) is 0.867. The monoisotopic (exact) mass is 282 g/mol. The number of hydrogen-bond donors (Lipinski definition) is 2. The molecule has 2 aliphatic carbocycles. The van der Waals surface area contributed by atoms with E-state index in [9.17, 15) is 9.59 Å². The molecule has 0 heterocycles. The van der Waals surface area contributed by atoms with Gasteiger partial charge in [-0.2, -0.15) is 0 Å². The first-order valence-corrected chi connectivity index (χ1v) is 7.90. The highest BCUT2D eigenvalue weighted by molar-refractivity contribution is 5.78. The number of aliphatic carboxylic acids is 1. The fourth-order valence-electron chi connectivity index (χ4n) is 2.95. The number of hydrogen-bond acceptors (Lipinski definition) is 3. The molecule has 0 aromatic carbocycles. The average Bonchev–Trinajstić information content (AvgIpc) is 3.21. The van der Waals surface area contributed by atoms with Crippen molar-refractivity contribution in [3.05, 3.63) is 0 Å². The Morgan fingerprint density at radius 2 is 1.70 bits per heavy atom. The molecular formula is C15H26N2O3. The van der Waals surface area contributed by atoms with E-state index in [2.05, 4.69) is 5.32 Å². The van der Waals surface area contributed by atoms with Crippen LogP contribution in [0.4, 0.5) is 0 Å². The summed E-state index contributed by atoms with van der Waals surface area (Å²) in [5.41, 5.74) is 0. The number of amides is 1. The van der Waals surface area contributed by atoms with E-state index in [0.29, 0.717) is 25.2 Å². The van der Waals surface area contributed by atoms with Gasteiger partial charge in [0.2, 0.25) is 5.91 Å². The zero-order valence-electron chi connectivity index (χ0n) is 12.1. The molecule has 114 valence electrons. The zero-order valence-corrected chi connectivity index (χ0v) is 12.1. The van der Waals surface area contributed by atoms with Crippen LogP contribution in [-0.2, 0) is 9.59 Å². The molecule has 0 aromatic heterocycles. The Balaban J connectivity index is 1.74. The Kier molecular flexibility index (Phi) is 5.83. The van der Waals surface area contributed by atoms with Gasteiger partial charge >= 0.3 is 5.97 Å². The van der Waals surface area contributed by atoms with E-state index in [-0.39, 0.29) is 12.3 Å². The summed E-state index contributed by atoms with van der Waals surface area (Å²) in [6.07, 6.45) is 9.44. The molecule has 0 saturated heterocycles. The van der Waals surface area contributed by atoms with Gasteiger partial charge in [-0.3, -0.25) is 14.5 Å². The van der Waals surface area contributed by atoms with Crippen LogP contribution in [0, 0.1) is 0 Å². The number of carbonyl (C=O) groups is 2. The highest BCUT2D eigenvalue weighted by atomic mass is 16.4. The lowest BCUT2D eigenvalue weighted by Crippen LogP contribution is -2.43. The first-order chi connectivity index (χ1) is 9.65. The van der Waals surface area contributed by atoms with Gasteiger partial charge in [-0.15, -0.1) is 0 Å². The Labute approximate surface area is 120 Å². The number of carboxylic acid groups (broad SMARTS) is 1. The molecule has 2 N–H and O–H groups in total. The van der Waals surface area contributed by atoms with Crippen molar-refractivity contribution in [2.45, 2.75) is 69.9 Å². The Hall–Kier alpha value is -1.10. The van der Waals surface area contributed by atoms with Gasteiger partial charge in [0, 0.05) is 18.6 Å². The van der Waals surface area contributed by atoms with Crippen molar-refractivity contribution in [2.24, 2.45) is 0 Å². The largest absolute Gasteiger partial charge is 0.481 e. The lowest BCUT2D eigenvalue weighted by atomic mass is 10.1. The van der Waals surface area contributed by atoms with Crippen molar-refractivity contribution < 1.29 is 14.7 Å². The standard InChI is InChI=1S/C15H26N2O3/c18-14(16-12-5-3-1-2-4-6-12)11-17(13-7-8-13)10-9-15(19)20/h12-13H,1-11H2,(H,16,18)(H,19,20). The van der Waals surface area contributed by atoms with Crippen molar-refractivity contribution in [1.29, 1.82) is 0 Å². The second kappa shape index (κ2) is 7.62. The first kappa shape index (κ1) is 15.3. The van der Waals surface area contributed by atoms with E-state index in [1.807, 2.05) is 4.90 Å². The maximum atomic E-state index is 12.1. The molecule has 0 aliphatic heterocycles. The molecule has 2 rings (SSSR count). The van der Waals surface area contributed by atoms with Crippen LogP contribution in [0.3, 0.4) is 0 Å². The highest BCUT2D eigenvalue weighted by Gasteiger charge is 2.30. The number of carboxylic acids is 1. The van der Waals surface area contributed by atoms with E-state index in [4.69, 9.17) is 5.11 Å². The van der Waals surface area contributed by atoms with Crippen molar-refractivity contribution >= 4 is 11.9 Å². The maximum absolute atomic E-state index is 12.1. The molecule has 5 nitrogen and oxygen atoms in total. The van der Waals surface area contributed by atoms with E-state index in [1.165, 1.54) is 25.7 Å². The molecular weight excluding hydrogens is 256 g/mol. The van der Waals surface area contributed by atoms with Crippen LogP contribution < -0.4 is 5.32 Å². The fourth-order valence-corrected chi connectivity index (χ4v) is 2.95. The van der Waals surface area contributed by atoms with Gasteiger partial charge in [0.15, 0.2) is 0 Å². The SMILES string of the molecule is O=C(O)CCN(CC(=O)NC1CCCCCC1)C1CC1. The van der Waals surface area contributed by atoms with Crippen LogP contribution in [0.1, 0.15) is 57.8 Å². The summed E-state index contributed by atoms with van der Waals surface area (Å²) >= 11 is 0. The summed E-state index contributed by atoms with van der Waals surface area (Å²) in [5, 5.41) is 11.9. The zero-order chi connectivity index (χ0) is 14.4. The molecule has 0 aromatic rings. The minimum absolute atomic E-state index is 0.0641. The molecule has 0 unspecified atom stereocenters. The third kappa shape index (κ3) is 5.49. The number of carbonyl (C=O) groups excluding carboxylic acids is 1. The second-order valence-electron chi connectivity index (χ2n) is 6.10. The van der Waals surface area contributed by atoms with Gasteiger partial charge < -0.3 is 10.4 Å². The number of nitrogens with zero attached hydrogens (tertiary/aromatic N) is 1. The summed E-state index contributed by atoms with van der Waals surface area (Å²) in [7, 11) is 0. The quantitative estimate of drug-likeness (QED) is 0.698. The minimum atomic E-state index is -0.792. The van der Waals surface area contributed by atoms with Crippen LogP contribution >= 0.6 is 0 Å². The summed E-state index contributed by atoms with van der Waals surface area (Å²) in [5.74, 6) is -0.728. The molecule has 20 heavy (non-hydrogen) atoms. The van der Waals surface area contributed by atoms with Crippen molar-refractivity contribution in [2.75, 3.05) is 13.1 Å². The van der Waals surface area contributed by atoms with Gasteiger partial charge in [-0.1, -0.05) is 25.7 Å². The van der Waals surface area contributed by atoms with Crippen LogP contribution in [0.5, 0.6) is 0 Å². The van der Waals surface area contributed by atoms with E-state index in [1.54, 1.807) is 0 Å². The van der Waals surface area contributed by atoms with Crippen molar-refractivity contribution in [3.63, 3.8) is 0 Å². The van der Waals surface area contributed by atoms with Crippen LogP contribution in [0.25, 0.3) is 0 Å². The Bertz CT molecular complexity index is 334. The average molecular weight is 282 g/mol. The van der Waals surface area contributed by atoms with Crippen LogP contribution in [0.2, 0.25) is 0 Å². The van der Waals surface area contributed by atoms with E-state index in [0.717, 1.165) is 25.7 Å². The summed E-state index contributed by atoms with van der Waals surface area (Å²) in [6, 6.07) is 0.750. The lowest BCUT2D eigenvalue weighted by molar-refractivity contribution is -0.137. The molecule has 0 bridgehead atoms. The first-order valence-electron chi connectivity index (χ1n) is 7.90. The smallest absolute Gasteiger partial charge is 0.304 e. The molecule has 5 heteroatoms. The molecule has 2 saturated carbocycles. The van der Waals surface area contributed by atoms with E-state index < -0.39 is 5.97 Å². The third-order valence-electron chi connectivity index (χ3n) is 4.24. The second-order valence-corrected chi connectivity index (χ2v) is 6.10. The Morgan fingerprint density at radius 3 is 2.25 bits per heavy atom. The minimum Gasteiger partial charge on any atom is -0.481 e. The van der Waals surface area contributed by atoms with Gasteiger partial charge in [0.25, 0.3) is 0 Å². The van der Waals surface area contributed by atoms with E-state index >= 15 is 0 Å². The summed E-state index contributed by atoms with van der Waals surface area (Å²) in [6.45, 7) is 0.840. The number of nitrogens with one attached hydrogen (secondary N) is 1. The molecule has 2 fully saturated rings. The van der Waals surface area contributed by atoms with Gasteiger partial charge in [0.1, 0.15) is 0 Å². The summed E-state index contributed by atoms with van der Waals surface area (Å²) < 4.78 is 0. The molecule has 0 spiro atoms. The maximum Gasteiger partial charge on any atom is 0.304 e. The highest BCUT2D eigenvalue weighted by Crippen LogP contribution is 2.26. The van der Waals surface area contributed by atoms with Crippen LogP contribution in [0.15, 0.2) is 0 Å². The van der Waals surface area contributed by atoms with Crippen molar-refractivity contribution in [1.82, 2.24) is 10.2 Å². The van der Waals surface area contributed by atoms with Crippen molar-refractivity contribution in [3.8, 4) is 0 Å². The Morgan fingerprint density at radius 1 is 1.05 bits per heavy atom. The molecule has 1 amide bonds. The molecule has 2 aliphatic rings. The number of rotatable bonds is 7. The predicted octanol–water partition coefficient (Wildman–Crippen LogP) is 1.76. The summed E-state index contributed by atoms with van der Waals surface area (Å²) in [4.78, 5) is 24.8. The van der Waals surface area contributed by atoms with Gasteiger partial charge in [-0.25, -0.2) is 0 Å². The molecule has 0 radical (unpaired) electrons. The van der Waals surface area contributed by atoms with Crippen LogP contribution in [-0.4, -0.2) is 47.1 Å². The lowest BCUT2D eigenvalue weighted by Gasteiger charge is -2.23. The third-order valence-corrected chi connectivity index (χ3v) is 4.24. The van der Waals surface area contributed by atoms with Gasteiger partial charge in [0.05, 0.1) is 13.0 Å². The normalized spacial score (nSPS) is 20.6. The predicted molar refractivity (Wildman–Crippen MR) is 76.5 cm³/mol. The molecule has 0 atom stereocenters.